The van der Waals surface area contributed by atoms with Gasteiger partial charge in [0.2, 0.25) is 0 Å². The Bertz CT molecular complexity index is 247. The van der Waals surface area contributed by atoms with Gasteiger partial charge in [-0.05, 0) is 39.7 Å². The van der Waals surface area contributed by atoms with Crippen molar-refractivity contribution in [1.82, 2.24) is 4.90 Å². The van der Waals surface area contributed by atoms with Crippen LogP contribution in [-0.2, 0) is 9.47 Å². The largest absolute Gasteiger partial charge is 0.396 e. The molecule has 0 saturated carbocycles. The van der Waals surface area contributed by atoms with Gasteiger partial charge in [0.25, 0.3) is 0 Å². The van der Waals surface area contributed by atoms with E-state index in [0.29, 0.717) is 25.1 Å². The average molecular weight is 257 g/mol. The summed E-state index contributed by atoms with van der Waals surface area (Å²) < 4.78 is 11.5. The van der Waals surface area contributed by atoms with Gasteiger partial charge in [0.1, 0.15) is 0 Å². The Balaban J connectivity index is 1.81. The molecule has 0 aliphatic carbocycles. The second-order valence-corrected chi connectivity index (χ2v) is 5.75. The predicted molar refractivity (Wildman–Crippen MR) is 70.4 cm³/mol. The number of rotatable bonds is 5. The van der Waals surface area contributed by atoms with E-state index in [1.54, 1.807) is 0 Å². The summed E-state index contributed by atoms with van der Waals surface area (Å²) in [6.45, 7) is 6.56. The third-order valence-corrected chi connectivity index (χ3v) is 4.06. The first kappa shape index (κ1) is 14.3. The summed E-state index contributed by atoms with van der Waals surface area (Å²) in [5.41, 5.74) is 0. The Morgan fingerprint density at radius 3 is 2.89 bits per heavy atom. The molecule has 2 fully saturated rings. The van der Waals surface area contributed by atoms with Gasteiger partial charge < -0.3 is 14.6 Å². The van der Waals surface area contributed by atoms with Crippen LogP contribution in [-0.4, -0.2) is 54.2 Å². The van der Waals surface area contributed by atoms with Crippen LogP contribution >= 0.6 is 0 Å². The van der Waals surface area contributed by atoms with Crippen molar-refractivity contribution < 1.29 is 14.6 Å². The molecule has 0 spiro atoms. The zero-order valence-electron chi connectivity index (χ0n) is 11.7. The maximum absolute atomic E-state index is 8.91. The van der Waals surface area contributed by atoms with Crippen LogP contribution in [0.25, 0.3) is 0 Å². The van der Waals surface area contributed by atoms with Crippen molar-refractivity contribution in [2.24, 2.45) is 0 Å². The Morgan fingerprint density at radius 1 is 1.33 bits per heavy atom. The Hall–Kier alpha value is -0.160. The van der Waals surface area contributed by atoms with E-state index in [4.69, 9.17) is 14.6 Å². The van der Waals surface area contributed by atoms with E-state index in [1.807, 2.05) is 0 Å². The van der Waals surface area contributed by atoms with Crippen LogP contribution in [0.1, 0.15) is 46.0 Å². The summed E-state index contributed by atoms with van der Waals surface area (Å²) in [5, 5.41) is 8.91. The molecule has 0 aromatic heterocycles. The minimum atomic E-state index is -0.0640. The molecular weight excluding hydrogens is 230 g/mol. The highest BCUT2D eigenvalue weighted by atomic mass is 16.7. The smallest absolute Gasteiger partial charge is 0.159 e. The highest BCUT2D eigenvalue weighted by Gasteiger charge is 2.32. The number of piperidine rings is 1. The fraction of sp³-hybridized carbons (Fsp3) is 1.00. The summed E-state index contributed by atoms with van der Waals surface area (Å²) in [7, 11) is 0. The van der Waals surface area contributed by atoms with Crippen molar-refractivity contribution in [1.29, 1.82) is 0 Å². The van der Waals surface area contributed by atoms with Crippen LogP contribution in [0.3, 0.4) is 0 Å². The van der Waals surface area contributed by atoms with E-state index >= 15 is 0 Å². The van der Waals surface area contributed by atoms with Crippen molar-refractivity contribution in [2.45, 2.75) is 70.4 Å². The minimum Gasteiger partial charge on any atom is -0.396 e. The topological polar surface area (TPSA) is 41.9 Å². The van der Waals surface area contributed by atoms with Gasteiger partial charge >= 0.3 is 0 Å². The van der Waals surface area contributed by atoms with Gasteiger partial charge in [-0.1, -0.05) is 6.42 Å². The number of hydrogen-bond donors (Lipinski definition) is 1. The summed E-state index contributed by atoms with van der Waals surface area (Å²) in [4.78, 5) is 2.58. The first-order valence-corrected chi connectivity index (χ1v) is 7.34. The molecule has 0 radical (unpaired) electrons. The normalized spacial score (nSPS) is 34.3. The summed E-state index contributed by atoms with van der Waals surface area (Å²) >= 11 is 0. The molecular formula is C14H27NO3. The Labute approximate surface area is 110 Å². The van der Waals surface area contributed by atoms with Crippen molar-refractivity contribution in [3.8, 4) is 0 Å². The van der Waals surface area contributed by atoms with Crippen molar-refractivity contribution in [3.05, 3.63) is 0 Å². The first-order valence-electron chi connectivity index (χ1n) is 7.34. The summed E-state index contributed by atoms with van der Waals surface area (Å²) in [5.74, 6) is 0. The summed E-state index contributed by atoms with van der Waals surface area (Å²) in [6, 6.07) is 1.20. The zero-order valence-corrected chi connectivity index (χ0v) is 11.7. The monoisotopic (exact) mass is 257 g/mol. The number of aliphatic hydroxyl groups excluding tert-OH is 1. The van der Waals surface area contributed by atoms with Gasteiger partial charge in [-0.15, -0.1) is 0 Å². The second kappa shape index (κ2) is 6.85. The van der Waals surface area contributed by atoms with E-state index in [1.165, 1.54) is 25.8 Å². The van der Waals surface area contributed by atoms with Gasteiger partial charge in [0.15, 0.2) is 6.29 Å². The van der Waals surface area contributed by atoms with Crippen LogP contribution in [0.2, 0.25) is 0 Å². The molecule has 2 heterocycles. The SMILES string of the molecule is CC(C)N1CCCCC1CC1OCC(CCO)O1. The highest BCUT2D eigenvalue weighted by molar-refractivity contribution is 4.81. The molecule has 2 aliphatic heterocycles. The molecule has 3 unspecified atom stereocenters. The molecule has 3 atom stereocenters. The van der Waals surface area contributed by atoms with E-state index in [0.717, 1.165) is 6.42 Å². The van der Waals surface area contributed by atoms with E-state index in [-0.39, 0.29) is 19.0 Å². The maximum atomic E-state index is 8.91. The summed E-state index contributed by atoms with van der Waals surface area (Å²) in [6.07, 6.45) is 5.58. The van der Waals surface area contributed by atoms with Crippen LogP contribution in [0.15, 0.2) is 0 Å². The zero-order chi connectivity index (χ0) is 13.0. The Kier molecular flexibility index (Phi) is 5.42. The molecule has 2 saturated heterocycles. The number of hydrogen-bond acceptors (Lipinski definition) is 4. The lowest BCUT2D eigenvalue weighted by molar-refractivity contribution is -0.0839. The van der Waals surface area contributed by atoms with Crippen LogP contribution in [0.4, 0.5) is 0 Å². The van der Waals surface area contributed by atoms with E-state index < -0.39 is 0 Å². The minimum absolute atomic E-state index is 0.0640. The molecule has 4 nitrogen and oxygen atoms in total. The van der Waals surface area contributed by atoms with Gasteiger partial charge in [0, 0.05) is 25.1 Å². The highest BCUT2D eigenvalue weighted by Crippen LogP contribution is 2.27. The molecule has 0 bridgehead atoms. The number of ether oxygens (including phenoxy) is 2. The van der Waals surface area contributed by atoms with Crippen molar-refractivity contribution in [3.63, 3.8) is 0 Å². The number of aliphatic hydroxyl groups is 1. The van der Waals surface area contributed by atoms with Crippen LogP contribution in [0.5, 0.6) is 0 Å². The Morgan fingerprint density at radius 2 is 2.17 bits per heavy atom. The molecule has 0 aromatic carbocycles. The van der Waals surface area contributed by atoms with Crippen LogP contribution < -0.4 is 0 Å². The van der Waals surface area contributed by atoms with Gasteiger partial charge in [-0.3, -0.25) is 4.90 Å². The fourth-order valence-electron chi connectivity index (χ4n) is 3.10. The van der Waals surface area contributed by atoms with Crippen molar-refractivity contribution >= 4 is 0 Å². The van der Waals surface area contributed by atoms with Gasteiger partial charge in [-0.25, -0.2) is 0 Å². The molecule has 106 valence electrons. The average Bonchev–Trinajstić information content (AvgIpc) is 2.77. The predicted octanol–water partition coefficient (Wildman–Crippen LogP) is 1.76. The lowest BCUT2D eigenvalue weighted by Crippen LogP contribution is -2.45. The lowest BCUT2D eigenvalue weighted by atomic mass is 9.97. The molecule has 18 heavy (non-hydrogen) atoms. The molecule has 0 amide bonds. The fourth-order valence-corrected chi connectivity index (χ4v) is 3.10. The first-order chi connectivity index (χ1) is 8.70. The number of likely N-dealkylation sites (tertiary alicyclic amines) is 1. The molecule has 4 heteroatoms. The van der Waals surface area contributed by atoms with Gasteiger partial charge in [0.05, 0.1) is 12.7 Å². The van der Waals surface area contributed by atoms with Crippen LogP contribution in [0, 0.1) is 0 Å². The molecule has 2 aliphatic rings. The molecule has 0 aromatic rings. The van der Waals surface area contributed by atoms with E-state index in [9.17, 15) is 0 Å². The van der Waals surface area contributed by atoms with E-state index in [2.05, 4.69) is 18.7 Å². The standard InChI is InChI=1S/C14H27NO3/c1-11(2)15-7-4-3-5-12(15)9-14-17-10-13(18-14)6-8-16/h11-14,16H,3-10H2,1-2H3. The lowest BCUT2D eigenvalue weighted by Gasteiger charge is -2.39. The third-order valence-electron chi connectivity index (χ3n) is 4.06. The molecule has 1 N–H and O–H groups in total. The molecule has 2 rings (SSSR count). The maximum Gasteiger partial charge on any atom is 0.159 e. The second-order valence-electron chi connectivity index (χ2n) is 5.75. The third kappa shape index (κ3) is 3.67. The number of nitrogens with zero attached hydrogens (tertiary/aromatic N) is 1. The quantitative estimate of drug-likeness (QED) is 0.815. The van der Waals surface area contributed by atoms with Crippen molar-refractivity contribution in [2.75, 3.05) is 19.8 Å². The van der Waals surface area contributed by atoms with Gasteiger partial charge in [-0.2, -0.15) is 0 Å².